The largest absolute Gasteiger partial charge is 0.466 e. The van der Waals surface area contributed by atoms with E-state index in [-0.39, 0.29) is 17.9 Å². The summed E-state index contributed by atoms with van der Waals surface area (Å²) in [5.74, 6) is -0.568. The number of para-hydroxylation sites is 1. The van der Waals surface area contributed by atoms with Crippen molar-refractivity contribution in [1.82, 2.24) is 4.98 Å². The van der Waals surface area contributed by atoms with Crippen LogP contribution in [0.15, 0.2) is 24.3 Å². The third kappa shape index (κ3) is 4.11. The average molecular weight is 371 g/mol. The SMILES string of the molecule is CCOC(=O)[C@H]1CCC[NH+](Cc2nc3ccccc3c(C)c2C(=O)OC)C1. The molecule has 1 N–H and O–H groups in total. The van der Waals surface area contributed by atoms with Gasteiger partial charge < -0.3 is 14.4 Å². The van der Waals surface area contributed by atoms with Crippen LogP contribution in [0.3, 0.4) is 0 Å². The van der Waals surface area contributed by atoms with Gasteiger partial charge in [-0.2, -0.15) is 0 Å². The summed E-state index contributed by atoms with van der Waals surface area (Å²) in [6, 6.07) is 7.82. The number of nitrogens with one attached hydrogen (secondary N) is 1. The van der Waals surface area contributed by atoms with Gasteiger partial charge in [0.15, 0.2) is 0 Å². The summed E-state index contributed by atoms with van der Waals surface area (Å²) >= 11 is 0. The maximum Gasteiger partial charge on any atom is 0.340 e. The Kier molecular flexibility index (Phi) is 6.06. The number of carbonyl (C=O) groups is 2. The van der Waals surface area contributed by atoms with Crippen LogP contribution in [0.2, 0.25) is 0 Å². The van der Waals surface area contributed by atoms with E-state index in [2.05, 4.69) is 0 Å². The number of rotatable bonds is 5. The number of esters is 2. The van der Waals surface area contributed by atoms with Gasteiger partial charge in [0.1, 0.15) is 18.2 Å². The van der Waals surface area contributed by atoms with Gasteiger partial charge in [0.25, 0.3) is 0 Å². The number of quaternary nitrogens is 1. The zero-order chi connectivity index (χ0) is 19.4. The van der Waals surface area contributed by atoms with Crippen molar-refractivity contribution < 1.29 is 24.0 Å². The Morgan fingerprint density at radius 3 is 2.81 bits per heavy atom. The molecule has 3 rings (SSSR count). The van der Waals surface area contributed by atoms with Crippen LogP contribution in [0.25, 0.3) is 10.9 Å². The van der Waals surface area contributed by atoms with E-state index in [1.165, 1.54) is 12.0 Å². The van der Waals surface area contributed by atoms with E-state index in [4.69, 9.17) is 14.5 Å². The Hall–Kier alpha value is -2.47. The van der Waals surface area contributed by atoms with Crippen LogP contribution in [0.5, 0.6) is 0 Å². The number of hydrogen-bond acceptors (Lipinski definition) is 5. The van der Waals surface area contributed by atoms with Gasteiger partial charge in [-0.3, -0.25) is 4.79 Å². The zero-order valence-corrected chi connectivity index (χ0v) is 16.2. The van der Waals surface area contributed by atoms with E-state index < -0.39 is 0 Å². The summed E-state index contributed by atoms with van der Waals surface area (Å²) in [6.45, 7) is 6.41. The Morgan fingerprint density at radius 2 is 2.07 bits per heavy atom. The van der Waals surface area contributed by atoms with Gasteiger partial charge in [0, 0.05) is 5.39 Å². The molecule has 1 saturated heterocycles. The summed E-state index contributed by atoms with van der Waals surface area (Å²) in [4.78, 5) is 30.6. The van der Waals surface area contributed by atoms with E-state index >= 15 is 0 Å². The van der Waals surface area contributed by atoms with E-state index in [0.29, 0.717) is 25.3 Å². The van der Waals surface area contributed by atoms with Gasteiger partial charge in [-0.1, -0.05) is 18.2 Å². The summed E-state index contributed by atoms with van der Waals surface area (Å²) in [5, 5.41) is 0.958. The molecule has 27 heavy (non-hydrogen) atoms. The monoisotopic (exact) mass is 371 g/mol. The molecule has 1 aromatic carbocycles. The molecule has 6 nitrogen and oxygen atoms in total. The molecule has 2 atom stereocenters. The first kappa shape index (κ1) is 19.3. The summed E-state index contributed by atoms with van der Waals surface area (Å²) in [5.41, 5.74) is 3.04. The first-order chi connectivity index (χ1) is 13.0. The lowest BCUT2D eigenvalue weighted by Crippen LogP contribution is -3.12. The van der Waals surface area contributed by atoms with Crippen molar-refractivity contribution in [3.8, 4) is 0 Å². The minimum absolute atomic E-state index is 0.0863. The standard InChI is InChI=1S/C21H26N2O4/c1-4-27-20(24)15-8-7-11-23(12-15)13-18-19(21(25)26-3)14(2)16-9-5-6-10-17(16)22-18/h5-6,9-10,15H,4,7-8,11-13H2,1-3H3/p+1/t15-/m0/s1. The molecule has 0 bridgehead atoms. The summed E-state index contributed by atoms with van der Waals surface area (Å²) in [7, 11) is 1.39. The Labute approximate surface area is 159 Å². The molecule has 1 unspecified atom stereocenters. The second-order valence-electron chi connectivity index (χ2n) is 7.04. The lowest BCUT2D eigenvalue weighted by atomic mass is 9.97. The highest BCUT2D eigenvalue weighted by molar-refractivity contribution is 5.98. The van der Waals surface area contributed by atoms with Crippen LogP contribution in [-0.4, -0.2) is 43.7 Å². The smallest absolute Gasteiger partial charge is 0.340 e. The average Bonchev–Trinajstić information content (AvgIpc) is 2.68. The van der Waals surface area contributed by atoms with Crippen molar-refractivity contribution in [2.75, 3.05) is 26.8 Å². The maximum atomic E-state index is 12.5. The van der Waals surface area contributed by atoms with Gasteiger partial charge in [-0.05, 0) is 38.3 Å². The third-order valence-corrected chi connectivity index (χ3v) is 5.27. The fraction of sp³-hybridized carbons (Fsp3) is 0.476. The molecule has 6 heteroatoms. The van der Waals surface area contributed by atoms with E-state index in [1.807, 2.05) is 38.1 Å². The number of aryl methyl sites for hydroxylation is 1. The van der Waals surface area contributed by atoms with Crippen LogP contribution >= 0.6 is 0 Å². The molecule has 2 heterocycles. The number of aromatic nitrogens is 1. The lowest BCUT2D eigenvalue weighted by molar-refractivity contribution is -0.921. The first-order valence-electron chi connectivity index (χ1n) is 9.51. The topological polar surface area (TPSA) is 69.9 Å². The van der Waals surface area contributed by atoms with Crippen molar-refractivity contribution >= 4 is 22.8 Å². The van der Waals surface area contributed by atoms with Crippen LogP contribution in [0, 0.1) is 12.8 Å². The van der Waals surface area contributed by atoms with Crippen LogP contribution in [0.4, 0.5) is 0 Å². The molecule has 0 radical (unpaired) electrons. The summed E-state index contributed by atoms with van der Waals surface area (Å²) in [6.07, 6.45) is 1.81. The number of likely N-dealkylation sites (tertiary alicyclic amines) is 1. The van der Waals surface area contributed by atoms with Crippen LogP contribution < -0.4 is 4.90 Å². The number of carbonyl (C=O) groups excluding carboxylic acids is 2. The van der Waals surface area contributed by atoms with E-state index in [9.17, 15) is 9.59 Å². The number of pyridine rings is 1. The minimum Gasteiger partial charge on any atom is -0.466 e. The predicted octanol–water partition coefficient (Wildman–Crippen LogP) is 1.69. The normalized spacial score (nSPS) is 19.7. The van der Waals surface area contributed by atoms with Gasteiger partial charge in [-0.15, -0.1) is 0 Å². The minimum atomic E-state index is -0.362. The second kappa shape index (κ2) is 8.48. The molecule has 144 valence electrons. The van der Waals surface area contributed by atoms with Gasteiger partial charge in [0.2, 0.25) is 0 Å². The molecule has 0 spiro atoms. The van der Waals surface area contributed by atoms with E-state index in [1.54, 1.807) is 0 Å². The van der Waals surface area contributed by atoms with E-state index in [0.717, 1.165) is 41.5 Å². The fourth-order valence-corrected chi connectivity index (χ4v) is 3.95. The van der Waals surface area contributed by atoms with Crippen molar-refractivity contribution in [1.29, 1.82) is 0 Å². The molecular weight excluding hydrogens is 344 g/mol. The zero-order valence-electron chi connectivity index (χ0n) is 16.2. The first-order valence-corrected chi connectivity index (χ1v) is 9.51. The number of piperidine rings is 1. The molecule has 1 aromatic heterocycles. The quantitative estimate of drug-likeness (QED) is 0.810. The highest BCUT2D eigenvalue weighted by Crippen LogP contribution is 2.23. The van der Waals surface area contributed by atoms with Gasteiger partial charge in [0.05, 0.1) is 37.9 Å². The van der Waals surface area contributed by atoms with Gasteiger partial charge >= 0.3 is 11.9 Å². The fourth-order valence-electron chi connectivity index (χ4n) is 3.95. The molecule has 0 amide bonds. The van der Waals surface area contributed by atoms with Crippen molar-refractivity contribution in [3.63, 3.8) is 0 Å². The number of ether oxygens (including phenoxy) is 2. The second-order valence-corrected chi connectivity index (χ2v) is 7.04. The van der Waals surface area contributed by atoms with Crippen molar-refractivity contribution in [2.45, 2.75) is 33.2 Å². The van der Waals surface area contributed by atoms with Crippen LogP contribution in [0.1, 0.15) is 41.4 Å². The number of fused-ring (bicyclic) bond motifs is 1. The number of hydrogen-bond donors (Lipinski definition) is 1. The van der Waals surface area contributed by atoms with Gasteiger partial charge in [-0.25, -0.2) is 9.78 Å². The molecular formula is C21H27N2O4+. The highest BCUT2D eigenvalue weighted by Gasteiger charge is 2.31. The van der Waals surface area contributed by atoms with Crippen molar-refractivity contribution in [2.24, 2.45) is 5.92 Å². The molecule has 2 aromatic rings. The lowest BCUT2D eigenvalue weighted by Gasteiger charge is -2.29. The molecule has 1 fully saturated rings. The Bertz CT molecular complexity index is 849. The molecule has 0 aliphatic carbocycles. The Balaban J connectivity index is 1.91. The number of methoxy groups -OCH3 is 1. The van der Waals surface area contributed by atoms with Crippen LogP contribution in [-0.2, 0) is 20.8 Å². The number of benzene rings is 1. The maximum absolute atomic E-state index is 12.5. The molecule has 1 aliphatic rings. The molecule has 0 saturated carbocycles. The highest BCUT2D eigenvalue weighted by atomic mass is 16.5. The molecule has 1 aliphatic heterocycles. The number of nitrogens with zero attached hydrogens (tertiary/aromatic N) is 1. The summed E-state index contributed by atoms with van der Waals surface area (Å²) < 4.78 is 10.2. The Morgan fingerprint density at radius 1 is 1.30 bits per heavy atom. The third-order valence-electron chi connectivity index (χ3n) is 5.27. The predicted molar refractivity (Wildman–Crippen MR) is 102 cm³/mol. The van der Waals surface area contributed by atoms with Crippen molar-refractivity contribution in [3.05, 3.63) is 41.1 Å².